The summed E-state index contributed by atoms with van der Waals surface area (Å²) in [5.41, 5.74) is 1.07. The predicted molar refractivity (Wildman–Crippen MR) is 101 cm³/mol. The highest BCUT2D eigenvalue weighted by molar-refractivity contribution is 6.36. The summed E-state index contributed by atoms with van der Waals surface area (Å²) < 4.78 is 5.44. The SMILES string of the molecule is C=CCOc1ccc(CN(C)CC(=O)Nc2ncc(Cl)cc2Cl)cc1. The van der Waals surface area contributed by atoms with Crippen LogP contribution in [-0.4, -0.2) is 36.0 Å². The van der Waals surface area contributed by atoms with Crippen LogP contribution < -0.4 is 10.1 Å². The van der Waals surface area contributed by atoms with Crippen molar-refractivity contribution in [1.29, 1.82) is 0 Å². The van der Waals surface area contributed by atoms with Crippen molar-refractivity contribution in [1.82, 2.24) is 9.88 Å². The lowest BCUT2D eigenvalue weighted by molar-refractivity contribution is -0.117. The second kappa shape index (κ2) is 9.42. The number of ether oxygens (including phenoxy) is 1. The van der Waals surface area contributed by atoms with E-state index in [0.29, 0.717) is 29.0 Å². The van der Waals surface area contributed by atoms with Gasteiger partial charge in [0.1, 0.15) is 12.4 Å². The molecule has 0 aliphatic carbocycles. The van der Waals surface area contributed by atoms with Crippen molar-refractivity contribution in [2.75, 3.05) is 25.5 Å². The second-order valence-electron chi connectivity index (χ2n) is 5.45. The van der Waals surface area contributed by atoms with Crippen LogP contribution in [0.1, 0.15) is 5.56 Å². The zero-order valence-electron chi connectivity index (χ0n) is 13.8. The molecule has 5 nitrogen and oxygen atoms in total. The molecule has 0 atom stereocenters. The first-order valence-electron chi connectivity index (χ1n) is 7.60. The number of nitrogens with zero attached hydrogens (tertiary/aromatic N) is 2. The van der Waals surface area contributed by atoms with E-state index in [-0.39, 0.29) is 12.5 Å². The number of anilines is 1. The van der Waals surface area contributed by atoms with Crippen LogP contribution in [0.4, 0.5) is 5.82 Å². The molecule has 0 saturated heterocycles. The normalized spacial score (nSPS) is 10.6. The molecule has 2 rings (SSSR count). The zero-order chi connectivity index (χ0) is 18.2. The fourth-order valence-electron chi connectivity index (χ4n) is 2.14. The van der Waals surface area contributed by atoms with Gasteiger partial charge in [-0.1, -0.05) is 48.0 Å². The quantitative estimate of drug-likeness (QED) is 0.703. The number of hydrogen-bond acceptors (Lipinski definition) is 4. The number of aromatic nitrogens is 1. The van der Waals surface area contributed by atoms with Crippen LogP contribution in [0.3, 0.4) is 0 Å². The van der Waals surface area contributed by atoms with Crippen LogP contribution >= 0.6 is 23.2 Å². The maximum Gasteiger partial charge on any atom is 0.239 e. The third-order valence-corrected chi connectivity index (χ3v) is 3.72. The summed E-state index contributed by atoms with van der Waals surface area (Å²) in [7, 11) is 1.86. The minimum absolute atomic E-state index is 0.204. The maximum absolute atomic E-state index is 12.1. The molecule has 0 bridgehead atoms. The number of carbonyl (C=O) groups is 1. The van der Waals surface area contributed by atoms with Gasteiger partial charge >= 0.3 is 0 Å². The van der Waals surface area contributed by atoms with Crippen molar-refractivity contribution >= 4 is 34.9 Å². The van der Waals surface area contributed by atoms with Crippen molar-refractivity contribution in [3.8, 4) is 5.75 Å². The average molecular weight is 380 g/mol. The van der Waals surface area contributed by atoms with Gasteiger partial charge in [-0.15, -0.1) is 0 Å². The Balaban J connectivity index is 1.85. The monoisotopic (exact) mass is 379 g/mol. The van der Waals surface area contributed by atoms with Gasteiger partial charge in [0.2, 0.25) is 5.91 Å². The molecule has 0 spiro atoms. The highest BCUT2D eigenvalue weighted by atomic mass is 35.5. The maximum atomic E-state index is 12.1. The predicted octanol–water partition coefficient (Wildman–Crippen LogP) is 4.02. The Morgan fingerprint density at radius 1 is 1.36 bits per heavy atom. The Kier molecular flexibility index (Phi) is 7.25. The van der Waals surface area contributed by atoms with Crippen molar-refractivity contribution < 1.29 is 9.53 Å². The summed E-state index contributed by atoms with van der Waals surface area (Å²) in [5.74, 6) is 0.880. The molecule has 2 aromatic rings. The van der Waals surface area contributed by atoms with Crippen LogP contribution in [0.2, 0.25) is 10.0 Å². The van der Waals surface area contributed by atoms with Gasteiger partial charge in [0.15, 0.2) is 5.82 Å². The lowest BCUT2D eigenvalue weighted by Crippen LogP contribution is -2.30. The standard InChI is InChI=1S/C18H19Cl2N3O2/c1-3-8-25-15-6-4-13(5-7-15)11-23(2)12-17(24)22-18-16(20)9-14(19)10-21-18/h3-7,9-10H,1,8,11-12H2,2H3,(H,21,22,24). The topological polar surface area (TPSA) is 54.5 Å². The fraction of sp³-hybridized carbons (Fsp3) is 0.222. The Morgan fingerprint density at radius 2 is 2.08 bits per heavy atom. The molecule has 7 heteroatoms. The number of carbonyl (C=O) groups excluding carboxylic acids is 1. The second-order valence-corrected chi connectivity index (χ2v) is 6.29. The fourth-order valence-corrected chi connectivity index (χ4v) is 2.56. The molecule has 1 N–H and O–H groups in total. The van der Waals surface area contributed by atoms with Crippen LogP contribution in [0.15, 0.2) is 49.2 Å². The minimum Gasteiger partial charge on any atom is -0.490 e. The molecule has 0 fully saturated rings. The van der Waals surface area contributed by atoms with Crippen LogP contribution in [-0.2, 0) is 11.3 Å². The molecular formula is C18H19Cl2N3O2. The van der Waals surface area contributed by atoms with E-state index in [9.17, 15) is 4.79 Å². The van der Waals surface area contributed by atoms with Crippen LogP contribution in [0, 0.1) is 0 Å². The first-order chi connectivity index (χ1) is 12.0. The molecule has 1 amide bonds. The van der Waals surface area contributed by atoms with Crippen LogP contribution in [0.25, 0.3) is 0 Å². The lowest BCUT2D eigenvalue weighted by Gasteiger charge is -2.16. The van der Waals surface area contributed by atoms with E-state index in [0.717, 1.165) is 11.3 Å². The summed E-state index contributed by atoms with van der Waals surface area (Å²) in [5, 5.41) is 3.40. The van der Waals surface area contributed by atoms with Gasteiger partial charge in [0.25, 0.3) is 0 Å². The van der Waals surface area contributed by atoms with Gasteiger partial charge in [-0.3, -0.25) is 9.69 Å². The summed E-state index contributed by atoms with van der Waals surface area (Å²) in [6.45, 7) is 4.91. The molecule has 1 aromatic heterocycles. The van der Waals surface area contributed by atoms with Crippen molar-refractivity contribution in [3.05, 3.63) is 64.8 Å². The first kappa shape index (κ1) is 19.2. The molecule has 1 heterocycles. The number of hydrogen-bond donors (Lipinski definition) is 1. The van der Waals surface area contributed by atoms with Gasteiger partial charge in [0, 0.05) is 12.7 Å². The molecule has 0 aliphatic heterocycles. The Hall–Kier alpha value is -2.08. The molecule has 0 aliphatic rings. The smallest absolute Gasteiger partial charge is 0.239 e. The summed E-state index contributed by atoms with van der Waals surface area (Å²) in [4.78, 5) is 18.0. The number of nitrogens with one attached hydrogen (secondary N) is 1. The first-order valence-corrected chi connectivity index (χ1v) is 8.35. The number of rotatable bonds is 8. The van der Waals surface area contributed by atoms with Gasteiger partial charge in [-0.25, -0.2) is 4.98 Å². The molecule has 0 unspecified atom stereocenters. The van der Waals surface area contributed by atoms with Crippen molar-refractivity contribution in [2.45, 2.75) is 6.54 Å². The van der Waals surface area contributed by atoms with E-state index in [2.05, 4.69) is 16.9 Å². The van der Waals surface area contributed by atoms with Crippen LogP contribution in [0.5, 0.6) is 5.75 Å². The third kappa shape index (κ3) is 6.38. The lowest BCUT2D eigenvalue weighted by atomic mass is 10.2. The Morgan fingerprint density at radius 3 is 2.72 bits per heavy atom. The van der Waals surface area contributed by atoms with Crippen molar-refractivity contribution in [2.24, 2.45) is 0 Å². The summed E-state index contributed by atoms with van der Waals surface area (Å²) in [6.07, 6.45) is 3.13. The highest BCUT2D eigenvalue weighted by Gasteiger charge is 2.11. The van der Waals surface area contributed by atoms with Gasteiger partial charge in [-0.2, -0.15) is 0 Å². The molecule has 0 radical (unpaired) electrons. The highest BCUT2D eigenvalue weighted by Crippen LogP contribution is 2.22. The largest absolute Gasteiger partial charge is 0.490 e. The zero-order valence-corrected chi connectivity index (χ0v) is 15.3. The summed E-state index contributed by atoms with van der Waals surface area (Å²) in [6, 6.07) is 9.24. The van der Waals surface area contributed by atoms with E-state index in [4.69, 9.17) is 27.9 Å². The average Bonchev–Trinajstić information content (AvgIpc) is 2.56. The number of halogens is 2. The minimum atomic E-state index is -0.204. The molecule has 0 saturated carbocycles. The Labute approximate surface area is 157 Å². The number of pyridine rings is 1. The van der Waals surface area contributed by atoms with E-state index in [1.165, 1.54) is 12.3 Å². The number of amides is 1. The Bertz CT molecular complexity index is 736. The molecule has 132 valence electrons. The van der Waals surface area contributed by atoms with E-state index in [1.807, 2.05) is 36.2 Å². The van der Waals surface area contributed by atoms with Crippen molar-refractivity contribution in [3.63, 3.8) is 0 Å². The third-order valence-electron chi connectivity index (χ3n) is 3.22. The summed E-state index contributed by atoms with van der Waals surface area (Å²) >= 11 is 11.8. The number of likely N-dealkylation sites (N-methyl/N-ethyl adjacent to an activating group) is 1. The van der Waals surface area contributed by atoms with Gasteiger partial charge < -0.3 is 10.1 Å². The number of benzene rings is 1. The van der Waals surface area contributed by atoms with E-state index in [1.54, 1.807) is 6.08 Å². The molecule has 1 aromatic carbocycles. The van der Waals surface area contributed by atoms with E-state index < -0.39 is 0 Å². The molecular weight excluding hydrogens is 361 g/mol. The molecule has 25 heavy (non-hydrogen) atoms. The van der Waals surface area contributed by atoms with Gasteiger partial charge in [0.05, 0.1) is 16.6 Å². The van der Waals surface area contributed by atoms with Gasteiger partial charge in [-0.05, 0) is 30.8 Å². The van der Waals surface area contributed by atoms with E-state index >= 15 is 0 Å².